The van der Waals surface area contributed by atoms with Crippen molar-refractivity contribution in [3.05, 3.63) is 52.1 Å². The number of non-ortho nitro benzene ring substituents is 1. The van der Waals surface area contributed by atoms with Crippen LogP contribution in [0.1, 0.15) is 37.2 Å². The highest BCUT2D eigenvalue weighted by molar-refractivity contribution is 5.70. The lowest BCUT2D eigenvalue weighted by molar-refractivity contribution is -0.385. The van der Waals surface area contributed by atoms with Gasteiger partial charge in [0, 0.05) is 18.0 Å². The van der Waals surface area contributed by atoms with Crippen LogP contribution >= 0.6 is 0 Å². The average Bonchev–Trinajstić information content (AvgIpc) is 3.10. The second-order valence-electron chi connectivity index (χ2n) is 6.94. The van der Waals surface area contributed by atoms with Crippen LogP contribution in [0.2, 0.25) is 0 Å². The highest BCUT2D eigenvalue weighted by Crippen LogP contribution is 2.51. The molecule has 24 heavy (non-hydrogen) atoms. The number of hydrogen-bond donors (Lipinski definition) is 1. The molecule has 0 bridgehead atoms. The van der Waals surface area contributed by atoms with Gasteiger partial charge in [0.25, 0.3) is 5.69 Å². The molecule has 4 rings (SSSR count). The first-order chi connectivity index (χ1) is 11.7. The second-order valence-corrected chi connectivity index (χ2v) is 6.94. The lowest BCUT2D eigenvalue weighted by Crippen LogP contribution is -2.42. The number of methoxy groups -OCH3 is 1. The van der Waals surface area contributed by atoms with Gasteiger partial charge in [-0.2, -0.15) is 0 Å². The predicted octanol–water partition coefficient (Wildman–Crippen LogP) is 4.41. The van der Waals surface area contributed by atoms with E-state index in [4.69, 9.17) is 4.74 Å². The Kier molecular flexibility index (Phi) is 3.79. The molecule has 1 heterocycles. The molecule has 5 heteroatoms. The maximum Gasteiger partial charge on any atom is 0.273 e. The number of rotatable bonds is 3. The summed E-state index contributed by atoms with van der Waals surface area (Å²) >= 11 is 0. The van der Waals surface area contributed by atoms with Crippen molar-refractivity contribution in [1.29, 1.82) is 0 Å². The minimum Gasteiger partial charge on any atom is -0.494 e. The minimum absolute atomic E-state index is 0.102. The summed E-state index contributed by atoms with van der Waals surface area (Å²) in [5.74, 6) is 1.90. The zero-order valence-corrected chi connectivity index (χ0v) is 13.8. The number of ether oxygens (including phenoxy) is 1. The lowest BCUT2D eigenvalue weighted by Gasteiger charge is -2.42. The average molecular weight is 326 g/mol. The van der Waals surface area contributed by atoms with Crippen molar-refractivity contribution in [3.8, 4) is 5.75 Å². The summed E-state index contributed by atoms with van der Waals surface area (Å²) in [4.78, 5) is 10.9. The van der Waals surface area contributed by atoms with E-state index in [0.717, 1.165) is 30.5 Å². The van der Waals surface area contributed by atoms with Gasteiger partial charge in [-0.05, 0) is 43.1 Å². The Morgan fingerprint density at radius 3 is 2.83 bits per heavy atom. The van der Waals surface area contributed by atoms with Crippen LogP contribution in [0.5, 0.6) is 5.75 Å². The monoisotopic (exact) mass is 326 g/mol. The molecular formula is C19H22N2O3. The van der Waals surface area contributed by atoms with E-state index in [0.29, 0.717) is 23.6 Å². The van der Waals surface area contributed by atoms with Crippen LogP contribution in [-0.2, 0) is 0 Å². The molecule has 1 aromatic carbocycles. The fraction of sp³-hybridized carbons (Fsp3) is 0.474. The van der Waals surface area contributed by atoms with E-state index in [1.807, 2.05) is 0 Å². The third kappa shape index (κ3) is 2.39. The third-order valence-electron chi connectivity index (χ3n) is 5.71. The maximum absolute atomic E-state index is 11.3. The Morgan fingerprint density at radius 1 is 1.25 bits per heavy atom. The fourth-order valence-electron chi connectivity index (χ4n) is 4.57. The van der Waals surface area contributed by atoms with Crippen molar-refractivity contribution in [3.63, 3.8) is 0 Å². The van der Waals surface area contributed by atoms with Crippen LogP contribution in [0.3, 0.4) is 0 Å². The zero-order valence-electron chi connectivity index (χ0n) is 13.8. The second kappa shape index (κ2) is 5.96. The highest BCUT2D eigenvalue weighted by atomic mass is 16.6. The van der Waals surface area contributed by atoms with Gasteiger partial charge in [-0.1, -0.05) is 24.3 Å². The van der Waals surface area contributed by atoms with Crippen molar-refractivity contribution in [2.75, 3.05) is 12.4 Å². The third-order valence-corrected chi connectivity index (χ3v) is 5.71. The largest absolute Gasteiger partial charge is 0.494 e. The SMILES string of the molecule is COc1cc([N+](=O)[O-])cc2c1N[C@H]([C@H]1CC=CCC1)[C@@H]1CC=C[C@H]21. The zero-order chi connectivity index (χ0) is 16.7. The van der Waals surface area contributed by atoms with Crippen molar-refractivity contribution >= 4 is 11.4 Å². The topological polar surface area (TPSA) is 64.4 Å². The van der Waals surface area contributed by atoms with Gasteiger partial charge < -0.3 is 10.1 Å². The molecule has 0 radical (unpaired) electrons. The normalized spacial score (nSPS) is 30.4. The number of nitro groups is 1. The molecule has 2 aliphatic carbocycles. The molecule has 0 aromatic heterocycles. The number of nitrogens with one attached hydrogen (secondary N) is 1. The highest BCUT2D eigenvalue weighted by Gasteiger charge is 2.42. The first-order valence-corrected chi connectivity index (χ1v) is 8.63. The van der Waals surface area contributed by atoms with E-state index in [1.54, 1.807) is 13.2 Å². The maximum atomic E-state index is 11.3. The van der Waals surface area contributed by atoms with Crippen molar-refractivity contribution in [2.45, 2.75) is 37.6 Å². The van der Waals surface area contributed by atoms with E-state index in [-0.39, 0.29) is 16.5 Å². The van der Waals surface area contributed by atoms with Gasteiger partial charge in [0.2, 0.25) is 0 Å². The molecule has 0 saturated carbocycles. The van der Waals surface area contributed by atoms with Crippen LogP contribution in [0.25, 0.3) is 0 Å². The summed E-state index contributed by atoms with van der Waals surface area (Å²) in [6.07, 6.45) is 13.5. The summed E-state index contributed by atoms with van der Waals surface area (Å²) in [6, 6.07) is 3.63. The van der Waals surface area contributed by atoms with Crippen LogP contribution < -0.4 is 10.1 Å². The molecule has 0 unspecified atom stereocenters. The van der Waals surface area contributed by atoms with Gasteiger partial charge in [0.1, 0.15) is 5.75 Å². The number of hydrogen-bond acceptors (Lipinski definition) is 4. The summed E-state index contributed by atoms with van der Waals surface area (Å²) in [5, 5.41) is 15.0. The van der Waals surface area contributed by atoms with Crippen LogP contribution in [0.4, 0.5) is 11.4 Å². The Balaban J connectivity index is 1.78. The molecule has 1 N–H and O–H groups in total. The number of benzene rings is 1. The Hall–Kier alpha value is -2.30. The Labute approximate surface area is 141 Å². The van der Waals surface area contributed by atoms with E-state index in [1.165, 1.54) is 12.5 Å². The number of nitrogens with zero attached hydrogens (tertiary/aromatic N) is 1. The Bertz CT molecular complexity index is 726. The van der Waals surface area contributed by atoms with E-state index < -0.39 is 0 Å². The number of allylic oxidation sites excluding steroid dienone is 4. The van der Waals surface area contributed by atoms with E-state index in [9.17, 15) is 10.1 Å². The molecule has 126 valence electrons. The predicted molar refractivity (Wildman–Crippen MR) is 93.5 cm³/mol. The molecule has 5 nitrogen and oxygen atoms in total. The van der Waals surface area contributed by atoms with Crippen LogP contribution in [0.15, 0.2) is 36.4 Å². The van der Waals surface area contributed by atoms with Gasteiger partial charge in [-0.3, -0.25) is 10.1 Å². The minimum atomic E-state index is -0.339. The van der Waals surface area contributed by atoms with Crippen LogP contribution in [-0.4, -0.2) is 18.1 Å². The molecule has 1 aliphatic heterocycles. The van der Waals surface area contributed by atoms with E-state index >= 15 is 0 Å². The summed E-state index contributed by atoms with van der Waals surface area (Å²) < 4.78 is 5.48. The molecule has 0 spiro atoms. The molecule has 3 aliphatic rings. The molecule has 0 amide bonds. The molecule has 1 aromatic rings. The van der Waals surface area contributed by atoms with Gasteiger partial charge in [-0.25, -0.2) is 0 Å². The standard InChI is InChI=1S/C19H22N2O3/c1-24-17-11-13(21(22)23)10-16-14-8-5-9-15(14)18(20-19(16)17)12-6-3-2-4-7-12/h2-3,5,8,10-12,14-15,18,20H,4,6-7,9H2,1H3/t12-,14-,15+,18+/m0/s1. The van der Waals surface area contributed by atoms with Crippen molar-refractivity contribution < 1.29 is 9.66 Å². The van der Waals surface area contributed by atoms with Crippen molar-refractivity contribution in [2.24, 2.45) is 11.8 Å². The quantitative estimate of drug-likeness (QED) is 0.507. The van der Waals surface area contributed by atoms with Crippen molar-refractivity contribution in [1.82, 2.24) is 0 Å². The van der Waals surface area contributed by atoms with Crippen LogP contribution in [0, 0.1) is 22.0 Å². The first kappa shape index (κ1) is 15.2. The first-order valence-electron chi connectivity index (χ1n) is 8.63. The van der Waals surface area contributed by atoms with Gasteiger partial charge >= 0.3 is 0 Å². The van der Waals surface area contributed by atoms with Gasteiger partial charge in [0.05, 0.1) is 23.8 Å². The summed E-state index contributed by atoms with van der Waals surface area (Å²) in [5.41, 5.74) is 2.04. The Morgan fingerprint density at radius 2 is 2.12 bits per heavy atom. The molecular weight excluding hydrogens is 304 g/mol. The fourth-order valence-corrected chi connectivity index (χ4v) is 4.57. The lowest BCUT2D eigenvalue weighted by atomic mass is 9.72. The van der Waals surface area contributed by atoms with E-state index in [2.05, 4.69) is 29.6 Å². The van der Waals surface area contributed by atoms with Gasteiger partial charge in [0.15, 0.2) is 0 Å². The number of nitro benzene ring substituents is 1. The molecule has 4 atom stereocenters. The van der Waals surface area contributed by atoms with Gasteiger partial charge in [-0.15, -0.1) is 0 Å². The summed E-state index contributed by atoms with van der Waals surface area (Å²) in [6.45, 7) is 0. The number of fused-ring (bicyclic) bond motifs is 3. The smallest absolute Gasteiger partial charge is 0.273 e. The molecule has 0 fully saturated rings. The summed E-state index contributed by atoms with van der Waals surface area (Å²) in [7, 11) is 1.58. The molecule has 0 saturated heterocycles. The number of anilines is 1.